The van der Waals surface area contributed by atoms with Gasteiger partial charge < -0.3 is 4.74 Å². The van der Waals surface area contributed by atoms with Crippen molar-refractivity contribution >= 4 is 21.7 Å². The van der Waals surface area contributed by atoms with Gasteiger partial charge in [0.15, 0.2) is 5.78 Å². The first-order valence-corrected chi connectivity index (χ1v) is 6.71. The lowest BCUT2D eigenvalue weighted by molar-refractivity contribution is 0.0392. The summed E-state index contributed by atoms with van der Waals surface area (Å²) in [4.78, 5) is 12.1. The molecule has 0 aliphatic carbocycles. The molecule has 2 rings (SSSR count). The second-order valence-corrected chi connectivity index (χ2v) is 6.31. The fourth-order valence-corrected chi connectivity index (χ4v) is 2.86. The van der Waals surface area contributed by atoms with Gasteiger partial charge in [-0.2, -0.15) is 0 Å². The Balaban J connectivity index is 2.34. The lowest BCUT2D eigenvalue weighted by atomic mass is 9.85. The van der Waals surface area contributed by atoms with E-state index in [1.165, 1.54) is 0 Å². The fraction of sp³-hybridized carbons (Fsp3) is 0.500. The van der Waals surface area contributed by atoms with Crippen molar-refractivity contribution in [2.75, 3.05) is 0 Å². The number of ether oxygens (including phenoxy) is 1. The quantitative estimate of drug-likeness (QED) is 0.817. The molecule has 0 radical (unpaired) electrons. The minimum atomic E-state index is -0.362. The number of carbonyl (C=O) groups is 1. The Hall–Kier alpha value is -0.830. The summed E-state index contributed by atoms with van der Waals surface area (Å²) >= 11 is 3.41. The number of ketones is 1. The number of halogens is 1. The van der Waals surface area contributed by atoms with E-state index in [0.717, 1.165) is 10.9 Å². The van der Waals surface area contributed by atoms with Gasteiger partial charge in [-0.15, -0.1) is 0 Å². The molecule has 0 saturated heterocycles. The molecule has 17 heavy (non-hydrogen) atoms. The van der Waals surface area contributed by atoms with Gasteiger partial charge in [0.1, 0.15) is 11.4 Å². The second kappa shape index (κ2) is 4.45. The van der Waals surface area contributed by atoms with Gasteiger partial charge in [0, 0.05) is 4.47 Å². The van der Waals surface area contributed by atoms with Crippen LogP contribution in [0.15, 0.2) is 22.7 Å². The first-order chi connectivity index (χ1) is 7.89. The molecule has 0 saturated carbocycles. The van der Waals surface area contributed by atoms with Gasteiger partial charge >= 0.3 is 0 Å². The number of rotatable bonds is 2. The van der Waals surface area contributed by atoms with Gasteiger partial charge in [0.05, 0.1) is 12.0 Å². The van der Waals surface area contributed by atoms with Gasteiger partial charge in [-0.1, -0.05) is 29.8 Å². The van der Waals surface area contributed by atoms with E-state index in [-0.39, 0.29) is 11.4 Å². The molecule has 0 fully saturated rings. The monoisotopic (exact) mass is 296 g/mol. The summed E-state index contributed by atoms with van der Waals surface area (Å²) in [7, 11) is 0. The zero-order chi connectivity index (χ0) is 12.6. The van der Waals surface area contributed by atoms with Crippen LogP contribution in [0.4, 0.5) is 0 Å². The van der Waals surface area contributed by atoms with Gasteiger partial charge in [0.2, 0.25) is 0 Å². The molecular weight excluding hydrogens is 280 g/mol. The maximum atomic E-state index is 12.1. The van der Waals surface area contributed by atoms with Crippen molar-refractivity contribution in [1.29, 1.82) is 0 Å². The van der Waals surface area contributed by atoms with E-state index < -0.39 is 0 Å². The molecule has 1 heterocycles. The third-order valence-electron chi connectivity index (χ3n) is 2.97. The number of Topliss-reactive ketones (excluding diaryl/α,β-unsaturated/α-hetero) is 1. The highest BCUT2D eigenvalue weighted by molar-refractivity contribution is 9.10. The zero-order valence-electron chi connectivity index (χ0n) is 10.4. The average molecular weight is 297 g/mol. The maximum absolute atomic E-state index is 12.1. The smallest absolute Gasteiger partial charge is 0.170 e. The van der Waals surface area contributed by atoms with Crippen LogP contribution >= 0.6 is 15.9 Å². The van der Waals surface area contributed by atoms with Gasteiger partial charge in [-0.25, -0.2) is 0 Å². The highest BCUT2D eigenvalue weighted by atomic mass is 79.9. The molecule has 1 aromatic carbocycles. The molecule has 2 nitrogen and oxygen atoms in total. The highest BCUT2D eigenvalue weighted by Crippen LogP contribution is 2.37. The van der Waals surface area contributed by atoms with Crippen LogP contribution in [0.25, 0.3) is 0 Å². The molecule has 1 aromatic rings. The third kappa shape index (κ3) is 2.71. The molecule has 3 heteroatoms. The first kappa shape index (κ1) is 12.6. The first-order valence-electron chi connectivity index (χ1n) is 5.91. The number of benzene rings is 1. The van der Waals surface area contributed by atoms with Crippen molar-refractivity contribution in [3.05, 3.63) is 28.2 Å². The van der Waals surface area contributed by atoms with Crippen LogP contribution in [0.2, 0.25) is 0 Å². The Labute approximate surface area is 110 Å². The maximum Gasteiger partial charge on any atom is 0.170 e. The van der Waals surface area contributed by atoms with Crippen molar-refractivity contribution in [3.63, 3.8) is 0 Å². The predicted molar refractivity (Wildman–Crippen MR) is 71.6 cm³/mol. The van der Waals surface area contributed by atoms with Gasteiger partial charge in [-0.05, 0) is 37.5 Å². The molecule has 1 aliphatic rings. The minimum Gasteiger partial charge on any atom is -0.486 e. The van der Waals surface area contributed by atoms with Crippen LogP contribution in [0.1, 0.15) is 44.0 Å². The van der Waals surface area contributed by atoms with Crippen LogP contribution in [0.5, 0.6) is 5.75 Å². The topological polar surface area (TPSA) is 26.3 Å². The van der Waals surface area contributed by atoms with E-state index in [4.69, 9.17) is 4.74 Å². The minimum absolute atomic E-state index is 0.182. The van der Waals surface area contributed by atoms with Crippen molar-refractivity contribution < 1.29 is 9.53 Å². The normalized spacial score (nSPS) is 23.5. The fourth-order valence-electron chi connectivity index (χ4n) is 2.52. The summed E-state index contributed by atoms with van der Waals surface area (Å²) in [5.41, 5.74) is 0.341. The van der Waals surface area contributed by atoms with Crippen LogP contribution in [0, 0.1) is 5.92 Å². The summed E-state index contributed by atoms with van der Waals surface area (Å²) in [6, 6.07) is 5.59. The molecule has 0 spiro atoms. The molecular formula is C14H17BrO2. The van der Waals surface area contributed by atoms with Crippen LogP contribution in [-0.2, 0) is 0 Å². The summed E-state index contributed by atoms with van der Waals surface area (Å²) in [5.74, 6) is 1.40. The molecule has 0 N–H and O–H groups in total. The van der Waals surface area contributed by atoms with Crippen molar-refractivity contribution in [1.82, 2.24) is 0 Å². The highest BCUT2D eigenvalue weighted by Gasteiger charge is 2.36. The Morgan fingerprint density at radius 2 is 2.18 bits per heavy atom. The molecule has 0 amide bonds. The molecule has 1 atom stereocenters. The van der Waals surface area contributed by atoms with Crippen LogP contribution < -0.4 is 4.74 Å². The molecule has 92 valence electrons. The number of hydrogen-bond acceptors (Lipinski definition) is 2. The summed E-state index contributed by atoms with van der Waals surface area (Å²) in [6.07, 6.45) is 1.37. The number of hydrogen-bond donors (Lipinski definition) is 0. The van der Waals surface area contributed by atoms with Gasteiger partial charge in [0.25, 0.3) is 0 Å². The Morgan fingerprint density at radius 3 is 2.82 bits per heavy atom. The molecule has 1 aliphatic heterocycles. The summed E-state index contributed by atoms with van der Waals surface area (Å²) in [6.45, 7) is 6.32. The zero-order valence-corrected chi connectivity index (χ0v) is 12.0. The predicted octanol–water partition coefficient (Wildman–Crippen LogP) is 4.22. The average Bonchev–Trinajstić information content (AvgIpc) is 2.13. The SMILES string of the molecule is CC(C)CC1(C)CC(=O)c2ccc(Br)cc2O1. The molecule has 0 bridgehead atoms. The van der Waals surface area contributed by atoms with E-state index in [0.29, 0.717) is 23.7 Å². The summed E-state index contributed by atoms with van der Waals surface area (Å²) in [5, 5.41) is 0. The van der Waals surface area contributed by atoms with E-state index >= 15 is 0 Å². The molecule has 0 aromatic heterocycles. The van der Waals surface area contributed by atoms with E-state index in [9.17, 15) is 4.79 Å². The van der Waals surface area contributed by atoms with E-state index in [2.05, 4.69) is 29.8 Å². The Morgan fingerprint density at radius 1 is 1.47 bits per heavy atom. The number of carbonyl (C=O) groups excluding carboxylic acids is 1. The van der Waals surface area contributed by atoms with E-state index in [1.54, 1.807) is 0 Å². The van der Waals surface area contributed by atoms with Gasteiger partial charge in [-0.3, -0.25) is 4.79 Å². The largest absolute Gasteiger partial charge is 0.486 e. The van der Waals surface area contributed by atoms with Crippen molar-refractivity contribution in [3.8, 4) is 5.75 Å². The van der Waals surface area contributed by atoms with Crippen molar-refractivity contribution in [2.24, 2.45) is 5.92 Å². The Kier molecular flexibility index (Phi) is 3.30. The van der Waals surface area contributed by atoms with E-state index in [1.807, 2.05) is 25.1 Å². The Bertz CT molecular complexity index is 454. The number of fused-ring (bicyclic) bond motifs is 1. The third-order valence-corrected chi connectivity index (χ3v) is 3.47. The summed E-state index contributed by atoms with van der Waals surface area (Å²) < 4.78 is 6.97. The van der Waals surface area contributed by atoms with Crippen LogP contribution in [0.3, 0.4) is 0 Å². The standard InChI is InChI=1S/C14H17BrO2/c1-9(2)7-14(3)8-12(16)11-5-4-10(15)6-13(11)17-14/h4-6,9H,7-8H2,1-3H3. The molecule has 1 unspecified atom stereocenters. The lowest BCUT2D eigenvalue weighted by Crippen LogP contribution is -2.40. The lowest BCUT2D eigenvalue weighted by Gasteiger charge is -2.36. The second-order valence-electron chi connectivity index (χ2n) is 5.39. The van der Waals surface area contributed by atoms with Crippen molar-refractivity contribution in [2.45, 2.75) is 39.2 Å². The van der Waals surface area contributed by atoms with Crippen LogP contribution in [-0.4, -0.2) is 11.4 Å².